The zero-order valence-electron chi connectivity index (χ0n) is 32.2. The molecule has 15 heteroatoms. The lowest BCUT2D eigenvalue weighted by molar-refractivity contribution is -0.346. The second-order valence-electron chi connectivity index (χ2n) is 13.9. The molecule has 2 heterocycles. The van der Waals surface area contributed by atoms with E-state index in [9.17, 15) is 24.9 Å². The van der Waals surface area contributed by atoms with Crippen molar-refractivity contribution in [2.75, 3.05) is 40.1 Å². The van der Waals surface area contributed by atoms with E-state index in [-0.39, 0.29) is 13.0 Å². The van der Waals surface area contributed by atoms with Gasteiger partial charge >= 0.3 is 12.1 Å². The van der Waals surface area contributed by atoms with Gasteiger partial charge in [0.05, 0.1) is 37.9 Å². The number of unbranched alkanes of at least 4 members (excludes halogenated alkanes) is 3. The molecule has 1 aliphatic carbocycles. The van der Waals surface area contributed by atoms with Gasteiger partial charge in [-0.1, -0.05) is 58.8 Å². The summed E-state index contributed by atoms with van der Waals surface area (Å²) in [5.41, 5.74) is 0. The summed E-state index contributed by atoms with van der Waals surface area (Å²) in [6.07, 6.45) is -2.76. The first-order valence-electron chi connectivity index (χ1n) is 19.3. The molecule has 1 saturated carbocycles. The summed E-state index contributed by atoms with van der Waals surface area (Å²) in [5, 5.41) is 34.3. The number of hydrogen-bond donors (Lipinski definition) is 4. The number of rotatable bonds is 22. The molecule has 14 atom stereocenters. The van der Waals surface area contributed by atoms with Gasteiger partial charge in [-0.15, -0.1) is 6.58 Å². The molecule has 2 aliphatic heterocycles. The summed E-state index contributed by atoms with van der Waals surface area (Å²) in [7, 11) is 1.31. The third-order valence-corrected chi connectivity index (χ3v) is 9.95. The lowest BCUT2D eigenvalue weighted by atomic mass is 9.77. The van der Waals surface area contributed by atoms with Crippen LogP contribution >= 0.6 is 0 Å². The molecule has 4 N–H and O–H groups in total. The molecule has 3 fully saturated rings. The van der Waals surface area contributed by atoms with Crippen LogP contribution in [0.2, 0.25) is 0 Å². The maximum atomic E-state index is 13.0. The van der Waals surface area contributed by atoms with Gasteiger partial charge in [-0.05, 0) is 39.0 Å². The molecule has 3 aliphatic rings. The summed E-state index contributed by atoms with van der Waals surface area (Å²) >= 11 is 0. The Morgan fingerprint density at radius 3 is 2.02 bits per heavy atom. The number of alkyl carbamates (subject to hydrolysis) is 1. The van der Waals surface area contributed by atoms with Crippen LogP contribution in [0.1, 0.15) is 79.1 Å². The van der Waals surface area contributed by atoms with Gasteiger partial charge in [0.1, 0.15) is 49.3 Å². The monoisotopic (exact) mass is 759 g/mol. The van der Waals surface area contributed by atoms with Crippen molar-refractivity contribution in [3.63, 3.8) is 0 Å². The Bertz CT molecular complexity index is 1100. The fourth-order valence-electron chi connectivity index (χ4n) is 6.92. The van der Waals surface area contributed by atoms with Crippen LogP contribution in [0.15, 0.2) is 25.3 Å². The van der Waals surface area contributed by atoms with Crippen molar-refractivity contribution >= 4 is 12.1 Å². The van der Waals surface area contributed by atoms with Crippen LogP contribution < -0.4 is 5.32 Å². The number of carbonyl (C=O) groups excluding carboxylic acids is 2. The van der Waals surface area contributed by atoms with Crippen molar-refractivity contribution in [2.45, 2.75) is 153 Å². The normalized spacial score (nSPS) is 36.0. The third kappa shape index (κ3) is 12.7. The average Bonchev–Trinajstić information content (AvgIpc) is 3.15. The second-order valence-corrected chi connectivity index (χ2v) is 13.9. The van der Waals surface area contributed by atoms with E-state index in [4.69, 9.17) is 42.6 Å². The highest BCUT2D eigenvalue weighted by Crippen LogP contribution is 2.40. The molecule has 2 saturated heterocycles. The molecule has 306 valence electrons. The Balaban J connectivity index is 2.01. The first-order chi connectivity index (χ1) is 25.6. The van der Waals surface area contributed by atoms with Crippen LogP contribution in [0.5, 0.6) is 0 Å². The van der Waals surface area contributed by atoms with Gasteiger partial charge in [0.25, 0.3) is 0 Å². The molecular weight excluding hydrogens is 694 g/mol. The Labute approximate surface area is 314 Å². The minimum Gasteiger partial charge on any atom is -0.469 e. The average molecular weight is 760 g/mol. The number of aliphatic hydroxyl groups excluding tert-OH is 3. The van der Waals surface area contributed by atoms with Gasteiger partial charge in [0, 0.05) is 25.7 Å². The number of methoxy groups -OCH3 is 1. The van der Waals surface area contributed by atoms with Crippen LogP contribution in [-0.2, 0) is 47.4 Å². The standard InChI is InChI=1S/C38H65NO14/c1-8-13-17-46-31-23(6)50-37(34(48-19-15-10-3)33(31)47-18-14-9-2)53-32-24(12-5)20-25(35(43)45-7)21-26(32)51-36-28(39-38(44)49-16-11-4)30(42)29(41)27(22-40)52-36/h11-12,23-34,36-37,40-42H,4-5,8-10,13-22H2,1-3,6-7H3,(H,39,44)/t23-,24?,25?,26+,27-,28?,29-,30?,31?,32+,33-,34-,36+,37?/m0/s1. The fraction of sp³-hybridized carbons (Fsp3) is 0.842. The predicted octanol–water partition coefficient (Wildman–Crippen LogP) is 3.16. The zero-order chi connectivity index (χ0) is 38.9. The Hall–Kier alpha value is -2.18. The quantitative estimate of drug-likeness (QED) is 0.0716. The molecule has 0 bridgehead atoms. The molecule has 15 nitrogen and oxygen atoms in total. The van der Waals surface area contributed by atoms with Crippen LogP contribution in [0.25, 0.3) is 0 Å². The molecule has 3 rings (SSSR count). The summed E-state index contributed by atoms with van der Waals surface area (Å²) < 4.78 is 55.5. The molecule has 0 aromatic rings. The van der Waals surface area contributed by atoms with Gasteiger partial charge < -0.3 is 63.3 Å². The highest BCUT2D eigenvalue weighted by molar-refractivity contribution is 5.72. The largest absolute Gasteiger partial charge is 0.469 e. The molecule has 53 heavy (non-hydrogen) atoms. The summed E-state index contributed by atoms with van der Waals surface area (Å²) in [6, 6.07) is -1.35. The van der Waals surface area contributed by atoms with Crippen LogP contribution in [0.4, 0.5) is 4.79 Å². The summed E-state index contributed by atoms with van der Waals surface area (Å²) in [4.78, 5) is 25.6. The highest BCUT2D eigenvalue weighted by atomic mass is 16.7. The van der Waals surface area contributed by atoms with E-state index in [1.54, 1.807) is 6.08 Å². The predicted molar refractivity (Wildman–Crippen MR) is 193 cm³/mol. The third-order valence-electron chi connectivity index (χ3n) is 9.95. The van der Waals surface area contributed by atoms with E-state index >= 15 is 0 Å². The van der Waals surface area contributed by atoms with Crippen LogP contribution in [0.3, 0.4) is 0 Å². The van der Waals surface area contributed by atoms with Gasteiger partial charge in [-0.2, -0.15) is 0 Å². The van der Waals surface area contributed by atoms with Gasteiger partial charge in [0.15, 0.2) is 12.6 Å². The van der Waals surface area contributed by atoms with Crippen molar-refractivity contribution in [1.29, 1.82) is 0 Å². The van der Waals surface area contributed by atoms with Crippen LogP contribution in [-0.4, -0.2) is 141 Å². The molecular formula is C38H65NO14. The Morgan fingerprint density at radius 1 is 0.830 bits per heavy atom. The number of esters is 1. The van der Waals surface area contributed by atoms with Crippen molar-refractivity contribution in [3.8, 4) is 0 Å². The van der Waals surface area contributed by atoms with E-state index in [1.807, 2.05) is 6.92 Å². The van der Waals surface area contributed by atoms with E-state index in [0.717, 1.165) is 38.5 Å². The van der Waals surface area contributed by atoms with Crippen molar-refractivity contribution in [3.05, 3.63) is 25.3 Å². The van der Waals surface area contributed by atoms with Crippen LogP contribution in [0, 0.1) is 11.8 Å². The smallest absolute Gasteiger partial charge is 0.407 e. The summed E-state index contributed by atoms with van der Waals surface area (Å²) in [6.45, 7) is 16.5. The maximum Gasteiger partial charge on any atom is 0.407 e. The van der Waals surface area contributed by atoms with E-state index < -0.39 is 104 Å². The number of ether oxygens (including phenoxy) is 9. The molecule has 0 aromatic heterocycles. The Kier molecular flexibility index (Phi) is 20.2. The van der Waals surface area contributed by atoms with Crippen molar-refractivity contribution < 1.29 is 67.5 Å². The minimum atomic E-state index is -1.62. The summed E-state index contributed by atoms with van der Waals surface area (Å²) in [5.74, 6) is -1.56. The van der Waals surface area contributed by atoms with Crippen molar-refractivity contribution in [1.82, 2.24) is 5.32 Å². The van der Waals surface area contributed by atoms with E-state index in [2.05, 4.69) is 39.2 Å². The lowest BCUT2D eigenvalue weighted by Crippen LogP contribution is -2.66. The lowest BCUT2D eigenvalue weighted by Gasteiger charge is -2.49. The van der Waals surface area contributed by atoms with Gasteiger partial charge in [-0.3, -0.25) is 4.79 Å². The topological polar surface area (TPSA) is 190 Å². The molecule has 6 unspecified atom stereocenters. The zero-order valence-corrected chi connectivity index (χ0v) is 32.2. The second kappa shape index (κ2) is 23.7. The molecule has 0 spiro atoms. The number of hydrogen-bond acceptors (Lipinski definition) is 14. The van der Waals surface area contributed by atoms with Crippen molar-refractivity contribution in [2.24, 2.45) is 11.8 Å². The first kappa shape index (κ1) is 45.2. The molecule has 0 aromatic carbocycles. The number of aliphatic hydroxyl groups is 3. The molecule has 0 radical (unpaired) electrons. The Morgan fingerprint density at radius 2 is 1.45 bits per heavy atom. The fourth-order valence-corrected chi connectivity index (χ4v) is 6.92. The highest BCUT2D eigenvalue weighted by Gasteiger charge is 2.53. The first-order valence-corrected chi connectivity index (χ1v) is 19.3. The van der Waals surface area contributed by atoms with E-state index in [1.165, 1.54) is 13.2 Å². The van der Waals surface area contributed by atoms with Gasteiger partial charge in [0.2, 0.25) is 0 Å². The minimum absolute atomic E-state index is 0.0976. The van der Waals surface area contributed by atoms with Gasteiger partial charge in [-0.25, -0.2) is 4.79 Å². The molecule has 1 amide bonds. The van der Waals surface area contributed by atoms with E-state index in [0.29, 0.717) is 26.2 Å². The maximum absolute atomic E-state index is 13.0. The number of nitrogens with one attached hydrogen (secondary N) is 1. The number of amides is 1. The number of carbonyl (C=O) groups is 2. The SMILES string of the molecule is C=CCOC(=O)NC1C(O)[C@@H](O)[C@H](CO)O[C@H]1O[C@@H]1CC(C(=O)OC)CC(C=C)[C@H]1OC1O[C@@H](C)C(OCCCC)[C@H](OCCCC)[C@@H]1OCCCC.